The highest BCUT2D eigenvalue weighted by molar-refractivity contribution is 5.26. The summed E-state index contributed by atoms with van der Waals surface area (Å²) in [6, 6.07) is 7.29. The molecule has 1 aromatic carbocycles. The Bertz CT molecular complexity index is 469. The maximum Gasteiger partial charge on any atom is 0.123 e. The normalized spacial score (nSPS) is 41.0. The summed E-state index contributed by atoms with van der Waals surface area (Å²) in [6.07, 6.45) is 7.08. The average molecular weight is 259 g/mol. The molecule has 1 aromatic rings. The van der Waals surface area contributed by atoms with Crippen molar-refractivity contribution in [3.63, 3.8) is 0 Å². The zero-order chi connectivity index (χ0) is 12.9. The average Bonchev–Trinajstić information content (AvgIpc) is 3.01. The number of piperidine rings is 1. The molecule has 4 rings (SSSR count). The van der Waals surface area contributed by atoms with Gasteiger partial charge in [-0.15, -0.1) is 0 Å². The summed E-state index contributed by atoms with van der Waals surface area (Å²) in [5.74, 6) is 2.38. The topological polar surface area (TPSA) is 12.0 Å². The molecule has 1 aliphatic heterocycles. The van der Waals surface area contributed by atoms with Gasteiger partial charge in [-0.3, -0.25) is 0 Å². The zero-order valence-electron chi connectivity index (χ0n) is 11.4. The molecule has 1 heterocycles. The molecule has 2 heteroatoms. The molecule has 4 atom stereocenters. The second kappa shape index (κ2) is 4.31. The Hall–Kier alpha value is -0.890. The first-order valence-corrected chi connectivity index (χ1v) is 7.74. The fourth-order valence-electron chi connectivity index (χ4n) is 5.31. The molecule has 0 aromatic heterocycles. The molecule has 19 heavy (non-hydrogen) atoms. The Morgan fingerprint density at radius 3 is 2.68 bits per heavy atom. The van der Waals surface area contributed by atoms with E-state index in [9.17, 15) is 4.39 Å². The van der Waals surface area contributed by atoms with Crippen LogP contribution in [0.15, 0.2) is 24.3 Å². The highest BCUT2D eigenvalue weighted by Crippen LogP contribution is 2.63. The van der Waals surface area contributed by atoms with Crippen molar-refractivity contribution in [3.8, 4) is 0 Å². The van der Waals surface area contributed by atoms with Crippen LogP contribution in [-0.4, -0.2) is 13.1 Å². The van der Waals surface area contributed by atoms with Gasteiger partial charge in [0.05, 0.1) is 0 Å². The van der Waals surface area contributed by atoms with Gasteiger partial charge in [0.25, 0.3) is 0 Å². The van der Waals surface area contributed by atoms with Crippen molar-refractivity contribution in [2.45, 2.75) is 38.0 Å². The maximum atomic E-state index is 13.2. The van der Waals surface area contributed by atoms with E-state index in [4.69, 9.17) is 0 Å². The van der Waals surface area contributed by atoms with E-state index in [0.717, 1.165) is 18.4 Å². The van der Waals surface area contributed by atoms with Crippen LogP contribution in [0.5, 0.6) is 0 Å². The van der Waals surface area contributed by atoms with Gasteiger partial charge in [0.2, 0.25) is 0 Å². The van der Waals surface area contributed by atoms with Gasteiger partial charge >= 0.3 is 0 Å². The summed E-state index contributed by atoms with van der Waals surface area (Å²) < 4.78 is 13.2. The number of rotatable bonds is 1. The minimum absolute atomic E-state index is 0.116. The molecule has 102 valence electrons. The summed E-state index contributed by atoms with van der Waals surface area (Å²) in [7, 11) is 0. The third kappa shape index (κ3) is 1.76. The lowest BCUT2D eigenvalue weighted by molar-refractivity contribution is 0.0819. The maximum absolute atomic E-state index is 13.2. The Morgan fingerprint density at radius 2 is 2.00 bits per heavy atom. The third-order valence-corrected chi connectivity index (χ3v) is 6.11. The summed E-state index contributed by atoms with van der Waals surface area (Å²) in [6.45, 7) is 2.25. The summed E-state index contributed by atoms with van der Waals surface area (Å²) >= 11 is 0. The van der Waals surface area contributed by atoms with Crippen LogP contribution >= 0.6 is 0 Å². The summed E-state index contributed by atoms with van der Waals surface area (Å²) in [5, 5.41) is 3.56. The largest absolute Gasteiger partial charge is 0.316 e. The van der Waals surface area contributed by atoms with E-state index in [1.54, 1.807) is 12.1 Å². The van der Waals surface area contributed by atoms with Crippen molar-refractivity contribution in [3.05, 3.63) is 35.6 Å². The molecular formula is C17H22FN. The number of fused-ring (bicyclic) bond motifs is 3. The lowest BCUT2D eigenvalue weighted by Gasteiger charge is -2.48. The Balaban J connectivity index is 1.70. The molecular weight excluding hydrogens is 237 g/mol. The second-order valence-electron chi connectivity index (χ2n) is 6.87. The van der Waals surface area contributed by atoms with E-state index < -0.39 is 0 Å². The van der Waals surface area contributed by atoms with E-state index in [1.807, 2.05) is 12.1 Å². The van der Waals surface area contributed by atoms with Crippen molar-refractivity contribution in [2.24, 2.45) is 17.3 Å². The van der Waals surface area contributed by atoms with Gasteiger partial charge in [-0.1, -0.05) is 18.6 Å². The van der Waals surface area contributed by atoms with Crippen molar-refractivity contribution >= 4 is 0 Å². The number of halogens is 1. The second-order valence-corrected chi connectivity index (χ2v) is 6.87. The molecule has 1 spiro atoms. The Morgan fingerprint density at radius 1 is 1.16 bits per heavy atom. The highest BCUT2D eigenvalue weighted by Gasteiger charge is 2.55. The summed E-state index contributed by atoms with van der Waals surface area (Å²) in [4.78, 5) is 0. The molecule has 0 radical (unpaired) electrons. The van der Waals surface area contributed by atoms with Crippen LogP contribution in [0.2, 0.25) is 0 Å². The van der Waals surface area contributed by atoms with E-state index in [2.05, 4.69) is 5.32 Å². The highest BCUT2D eigenvalue weighted by atomic mass is 19.1. The summed E-state index contributed by atoms with van der Waals surface area (Å²) in [5.41, 5.74) is 1.87. The molecule has 1 N–H and O–H groups in total. The third-order valence-electron chi connectivity index (χ3n) is 6.11. The molecule has 0 amide bonds. The van der Waals surface area contributed by atoms with Gasteiger partial charge in [-0.2, -0.15) is 0 Å². The van der Waals surface area contributed by atoms with Gasteiger partial charge < -0.3 is 5.32 Å². The minimum Gasteiger partial charge on any atom is -0.316 e. The molecule has 2 saturated carbocycles. The standard InChI is InChI=1S/C17H22FN/c18-15-5-2-13(3-6-15)16-11-19-8-7-17(16)10-12-1-4-14(17)9-12/h2-3,5-6,12,14,16,19H,1,4,7-11H2. The molecule has 3 aliphatic rings. The van der Waals surface area contributed by atoms with Gasteiger partial charge in [-0.25, -0.2) is 4.39 Å². The smallest absolute Gasteiger partial charge is 0.123 e. The van der Waals surface area contributed by atoms with Crippen molar-refractivity contribution in [2.75, 3.05) is 13.1 Å². The number of hydrogen-bond acceptors (Lipinski definition) is 1. The minimum atomic E-state index is -0.116. The fourth-order valence-corrected chi connectivity index (χ4v) is 5.31. The zero-order valence-corrected chi connectivity index (χ0v) is 11.4. The van der Waals surface area contributed by atoms with Crippen LogP contribution in [0.4, 0.5) is 4.39 Å². The van der Waals surface area contributed by atoms with Crippen molar-refractivity contribution in [1.29, 1.82) is 0 Å². The number of hydrogen-bond donors (Lipinski definition) is 1. The predicted molar refractivity (Wildman–Crippen MR) is 74.5 cm³/mol. The van der Waals surface area contributed by atoms with Crippen molar-refractivity contribution < 1.29 is 4.39 Å². The van der Waals surface area contributed by atoms with Crippen molar-refractivity contribution in [1.82, 2.24) is 5.32 Å². The van der Waals surface area contributed by atoms with E-state index >= 15 is 0 Å². The van der Waals surface area contributed by atoms with Crippen LogP contribution in [0.3, 0.4) is 0 Å². The first kappa shape index (κ1) is 11.9. The number of nitrogens with one attached hydrogen (secondary N) is 1. The first-order valence-electron chi connectivity index (χ1n) is 7.74. The number of benzene rings is 1. The van der Waals surface area contributed by atoms with Crippen LogP contribution in [0, 0.1) is 23.1 Å². The van der Waals surface area contributed by atoms with E-state index in [0.29, 0.717) is 11.3 Å². The lowest BCUT2D eigenvalue weighted by atomic mass is 9.60. The quantitative estimate of drug-likeness (QED) is 0.810. The molecule has 3 fully saturated rings. The van der Waals surface area contributed by atoms with Gasteiger partial charge in [-0.05, 0) is 67.2 Å². The van der Waals surface area contributed by atoms with E-state index in [1.165, 1.54) is 44.2 Å². The van der Waals surface area contributed by atoms with Gasteiger partial charge in [0.15, 0.2) is 0 Å². The van der Waals surface area contributed by atoms with Crippen LogP contribution < -0.4 is 5.32 Å². The van der Waals surface area contributed by atoms with Gasteiger partial charge in [0, 0.05) is 12.5 Å². The first-order chi connectivity index (χ1) is 9.28. The van der Waals surface area contributed by atoms with Crippen LogP contribution in [0.25, 0.3) is 0 Å². The fraction of sp³-hybridized carbons (Fsp3) is 0.647. The molecule has 2 aliphatic carbocycles. The molecule has 1 nitrogen and oxygen atoms in total. The van der Waals surface area contributed by atoms with Crippen LogP contribution in [0.1, 0.15) is 43.6 Å². The van der Waals surface area contributed by atoms with E-state index in [-0.39, 0.29) is 5.82 Å². The monoisotopic (exact) mass is 259 g/mol. The Kier molecular flexibility index (Phi) is 2.70. The van der Waals surface area contributed by atoms with Crippen LogP contribution in [-0.2, 0) is 0 Å². The molecule has 2 bridgehead atoms. The molecule has 1 saturated heterocycles. The SMILES string of the molecule is Fc1ccc(C2CNCCC23CC2CCC3C2)cc1. The molecule has 4 unspecified atom stereocenters. The lowest BCUT2D eigenvalue weighted by Crippen LogP contribution is -2.46. The predicted octanol–water partition coefficient (Wildman–Crippen LogP) is 3.71. The Labute approximate surface area is 114 Å². The van der Waals surface area contributed by atoms with Gasteiger partial charge in [0.1, 0.15) is 5.82 Å².